The van der Waals surface area contributed by atoms with Crippen molar-refractivity contribution in [3.05, 3.63) is 84.6 Å². The number of ether oxygens (including phenoxy) is 1. The number of anilines is 7. The Hall–Kier alpha value is -4.68. The van der Waals surface area contributed by atoms with Crippen molar-refractivity contribution < 1.29 is 13.2 Å². The molecule has 1 saturated heterocycles. The minimum atomic E-state index is -3.09. The molecule has 3 aromatic carbocycles. The second-order valence-corrected chi connectivity index (χ2v) is 12.8. The summed E-state index contributed by atoms with van der Waals surface area (Å²) in [7, 11) is 0.859. The van der Waals surface area contributed by atoms with Gasteiger partial charge in [-0.05, 0) is 66.2 Å². The number of nitrogens with one attached hydrogen (secondary N) is 2. The fraction of sp³-hybridized carbons (Fsp3) is 0.258. The standard InChI is InChI=1S/C31H34N8O3S/c1-37(29-14-15-32-30(36-29)33-23-6-4-22(5-7-23)21-43(3,40)41)26-12-13-28-27(20-26)35-31(38(28)2)34-24-8-10-25(11-9-24)39-16-18-42-19-17-39/h4-15,20H,16-19,21H2,1-3H3,(H,34,35)(H,32,33,36). The molecule has 222 valence electrons. The van der Waals surface area contributed by atoms with E-state index in [1.165, 1.54) is 11.9 Å². The summed E-state index contributed by atoms with van der Waals surface area (Å²) in [6, 6.07) is 23.6. The summed E-state index contributed by atoms with van der Waals surface area (Å²) in [6.07, 6.45) is 2.92. The first-order valence-electron chi connectivity index (χ1n) is 14.0. The van der Waals surface area contributed by atoms with Crippen LogP contribution in [-0.2, 0) is 27.4 Å². The van der Waals surface area contributed by atoms with Crippen molar-refractivity contribution in [2.24, 2.45) is 7.05 Å². The topological polar surface area (TPSA) is 118 Å². The number of fused-ring (bicyclic) bond motifs is 1. The van der Waals surface area contributed by atoms with Gasteiger partial charge in [0.05, 0.1) is 30.0 Å². The zero-order valence-electron chi connectivity index (χ0n) is 24.4. The normalized spacial score (nSPS) is 13.7. The lowest BCUT2D eigenvalue weighted by Crippen LogP contribution is -2.36. The second-order valence-electron chi connectivity index (χ2n) is 10.6. The van der Waals surface area contributed by atoms with Crippen molar-refractivity contribution >= 4 is 61.3 Å². The van der Waals surface area contributed by atoms with E-state index in [4.69, 9.17) is 9.72 Å². The molecule has 0 bridgehead atoms. The Morgan fingerprint density at radius 1 is 0.907 bits per heavy atom. The molecule has 1 fully saturated rings. The van der Waals surface area contributed by atoms with E-state index in [9.17, 15) is 8.42 Å². The molecule has 1 aliphatic rings. The van der Waals surface area contributed by atoms with Gasteiger partial charge >= 0.3 is 0 Å². The average Bonchev–Trinajstić information content (AvgIpc) is 3.32. The molecule has 1 aliphatic heterocycles. The summed E-state index contributed by atoms with van der Waals surface area (Å²) in [5.41, 5.74) is 6.46. The van der Waals surface area contributed by atoms with Crippen LogP contribution in [0.1, 0.15) is 5.56 Å². The smallest absolute Gasteiger partial charge is 0.229 e. The summed E-state index contributed by atoms with van der Waals surface area (Å²) in [5, 5.41) is 6.65. The van der Waals surface area contributed by atoms with Gasteiger partial charge < -0.3 is 29.7 Å². The van der Waals surface area contributed by atoms with Crippen LogP contribution in [0.15, 0.2) is 79.0 Å². The van der Waals surface area contributed by atoms with Crippen LogP contribution in [0.3, 0.4) is 0 Å². The van der Waals surface area contributed by atoms with E-state index in [0.29, 0.717) is 11.8 Å². The third-order valence-corrected chi connectivity index (χ3v) is 8.23. The Labute approximate surface area is 251 Å². The van der Waals surface area contributed by atoms with Gasteiger partial charge in [-0.15, -0.1) is 0 Å². The van der Waals surface area contributed by atoms with E-state index in [0.717, 1.165) is 65.9 Å². The number of nitrogens with zero attached hydrogens (tertiary/aromatic N) is 6. The molecule has 2 aromatic heterocycles. The lowest BCUT2D eigenvalue weighted by atomic mass is 10.2. The molecule has 0 aliphatic carbocycles. The van der Waals surface area contributed by atoms with Gasteiger partial charge in [-0.1, -0.05) is 12.1 Å². The molecule has 0 radical (unpaired) electrons. The quantitative estimate of drug-likeness (QED) is 0.240. The maximum absolute atomic E-state index is 11.6. The van der Waals surface area contributed by atoms with Crippen LogP contribution in [0.2, 0.25) is 0 Å². The number of sulfone groups is 1. The Bertz CT molecular complexity index is 1830. The lowest BCUT2D eigenvalue weighted by Gasteiger charge is -2.28. The number of aryl methyl sites for hydroxylation is 1. The highest BCUT2D eigenvalue weighted by atomic mass is 32.2. The number of rotatable bonds is 9. The molecule has 5 aromatic rings. The highest BCUT2D eigenvalue weighted by molar-refractivity contribution is 7.89. The van der Waals surface area contributed by atoms with Gasteiger partial charge in [-0.3, -0.25) is 0 Å². The molecule has 3 heterocycles. The molecule has 2 N–H and O–H groups in total. The first kappa shape index (κ1) is 28.4. The maximum atomic E-state index is 11.6. The third-order valence-electron chi connectivity index (χ3n) is 7.37. The van der Waals surface area contributed by atoms with Crippen molar-refractivity contribution in [1.29, 1.82) is 0 Å². The van der Waals surface area contributed by atoms with E-state index in [-0.39, 0.29) is 5.75 Å². The molecule has 12 heteroatoms. The minimum Gasteiger partial charge on any atom is -0.378 e. The molecule has 0 atom stereocenters. The van der Waals surface area contributed by atoms with Crippen molar-refractivity contribution in [2.75, 3.05) is 60.0 Å². The van der Waals surface area contributed by atoms with E-state index in [1.807, 2.05) is 53.9 Å². The Kier molecular flexibility index (Phi) is 7.87. The zero-order valence-corrected chi connectivity index (χ0v) is 25.2. The zero-order chi connectivity index (χ0) is 30.0. The molecule has 11 nitrogen and oxygen atoms in total. The fourth-order valence-corrected chi connectivity index (χ4v) is 5.86. The molecule has 0 saturated carbocycles. The highest BCUT2D eigenvalue weighted by Crippen LogP contribution is 2.29. The molecular formula is C31H34N8O3S. The van der Waals surface area contributed by atoms with Crippen LogP contribution in [0, 0.1) is 0 Å². The summed E-state index contributed by atoms with van der Waals surface area (Å²) in [6.45, 7) is 3.34. The minimum absolute atomic E-state index is 0.00465. The van der Waals surface area contributed by atoms with Gasteiger partial charge in [-0.25, -0.2) is 18.4 Å². The van der Waals surface area contributed by atoms with Gasteiger partial charge in [0.2, 0.25) is 11.9 Å². The SMILES string of the molecule is CN(c1ccc2c(c1)nc(Nc1ccc(N3CCOCC3)cc1)n2C)c1ccnc(Nc2ccc(CS(C)(=O)=O)cc2)n1. The summed E-state index contributed by atoms with van der Waals surface area (Å²) in [4.78, 5) is 18.2. The number of hydrogen-bond donors (Lipinski definition) is 2. The number of hydrogen-bond acceptors (Lipinski definition) is 10. The van der Waals surface area contributed by atoms with Gasteiger partial charge in [0.25, 0.3) is 0 Å². The molecule has 0 unspecified atom stereocenters. The Balaban J connectivity index is 1.16. The van der Waals surface area contributed by atoms with E-state index < -0.39 is 9.84 Å². The highest BCUT2D eigenvalue weighted by Gasteiger charge is 2.14. The number of benzene rings is 3. The first-order chi connectivity index (χ1) is 20.7. The monoisotopic (exact) mass is 598 g/mol. The second kappa shape index (κ2) is 11.9. The number of morpholine rings is 1. The number of aromatic nitrogens is 4. The number of imidazole rings is 1. The van der Waals surface area contributed by atoms with Crippen LogP contribution < -0.4 is 20.4 Å². The van der Waals surface area contributed by atoms with Crippen LogP contribution in [0.5, 0.6) is 0 Å². The summed E-state index contributed by atoms with van der Waals surface area (Å²) < 4.78 is 30.6. The van der Waals surface area contributed by atoms with Gasteiger partial charge in [0.15, 0.2) is 9.84 Å². The molecule has 6 rings (SSSR count). The van der Waals surface area contributed by atoms with Crippen molar-refractivity contribution in [1.82, 2.24) is 19.5 Å². The fourth-order valence-electron chi connectivity index (χ4n) is 5.06. The van der Waals surface area contributed by atoms with Gasteiger partial charge in [-0.2, -0.15) is 4.98 Å². The maximum Gasteiger partial charge on any atom is 0.229 e. The predicted octanol–water partition coefficient (Wildman–Crippen LogP) is 5.00. The van der Waals surface area contributed by atoms with E-state index in [2.05, 4.69) is 55.8 Å². The third kappa shape index (κ3) is 6.71. The van der Waals surface area contributed by atoms with Crippen molar-refractivity contribution in [2.45, 2.75) is 5.75 Å². The van der Waals surface area contributed by atoms with Crippen molar-refractivity contribution in [3.8, 4) is 0 Å². The first-order valence-corrected chi connectivity index (χ1v) is 16.0. The van der Waals surface area contributed by atoms with E-state index >= 15 is 0 Å². The van der Waals surface area contributed by atoms with Crippen molar-refractivity contribution in [3.63, 3.8) is 0 Å². The van der Waals surface area contributed by atoms with Gasteiger partial charge in [0, 0.05) is 62.4 Å². The molecular weight excluding hydrogens is 564 g/mol. The predicted molar refractivity (Wildman–Crippen MR) is 172 cm³/mol. The van der Waals surface area contributed by atoms with Crippen LogP contribution in [0.25, 0.3) is 11.0 Å². The average molecular weight is 599 g/mol. The van der Waals surface area contributed by atoms with Gasteiger partial charge in [0.1, 0.15) is 5.82 Å². The largest absolute Gasteiger partial charge is 0.378 e. The van der Waals surface area contributed by atoms with Crippen LogP contribution in [-0.4, -0.2) is 67.5 Å². The Morgan fingerprint density at radius 2 is 1.60 bits per heavy atom. The molecule has 43 heavy (non-hydrogen) atoms. The molecule has 0 amide bonds. The molecule has 0 spiro atoms. The summed E-state index contributed by atoms with van der Waals surface area (Å²) >= 11 is 0. The summed E-state index contributed by atoms with van der Waals surface area (Å²) in [5.74, 6) is 1.90. The Morgan fingerprint density at radius 3 is 2.33 bits per heavy atom. The van der Waals surface area contributed by atoms with E-state index in [1.54, 1.807) is 18.3 Å². The van der Waals surface area contributed by atoms with Crippen LogP contribution >= 0.6 is 0 Å². The lowest BCUT2D eigenvalue weighted by molar-refractivity contribution is 0.122. The van der Waals surface area contributed by atoms with Crippen LogP contribution in [0.4, 0.5) is 40.5 Å².